The largest absolute Gasteiger partial charge is 0.390 e. The molecule has 0 aliphatic heterocycles. The monoisotopic (exact) mass is 191 g/mol. The summed E-state index contributed by atoms with van der Waals surface area (Å²) in [6, 6.07) is 0. The van der Waals surface area contributed by atoms with Gasteiger partial charge in [-0.05, 0) is 37.7 Å². The van der Waals surface area contributed by atoms with Gasteiger partial charge in [0.2, 0.25) is 0 Å². The Morgan fingerprint density at radius 3 is 3.00 bits per heavy atom. The molecule has 1 saturated carbocycles. The van der Waals surface area contributed by atoms with Crippen molar-refractivity contribution in [2.75, 3.05) is 0 Å². The van der Waals surface area contributed by atoms with Crippen LogP contribution in [0.2, 0.25) is 0 Å². The fraction of sp³-hybridized carbons (Fsp3) is 0.583. The molecule has 2 heteroatoms. The zero-order chi connectivity index (χ0) is 10.2. The number of allylic oxidation sites excluding steroid dienone is 3. The number of oxime groups is 1. The van der Waals surface area contributed by atoms with Crippen molar-refractivity contribution in [3.8, 4) is 0 Å². The van der Waals surface area contributed by atoms with E-state index in [1.807, 2.05) is 13.8 Å². The molecule has 2 nitrogen and oxygen atoms in total. The third kappa shape index (κ3) is 2.06. The molecule has 2 aliphatic rings. The lowest BCUT2D eigenvalue weighted by molar-refractivity contribution is -0.0115. The highest BCUT2D eigenvalue weighted by atomic mass is 16.6. The lowest BCUT2D eigenvalue weighted by Crippen LogP contribution is -2.22. The Kier molecular flexibility index (Phi) is 2.22. The second-order valence-corrected chi connectivity index (χ2v) is 4.82. The average molecular weight is 191 g/mol. The van der Waals surface area contributed by atoms with Crippen LogP contribution in [0.3, 0.4) is 0 Å². The predicted octanol–water partition coefficient (Wildman–Crippen LogP) is 2.92. The number of fused-ring (bicyclic) bond motifs is 1. The van der Waals surface area contributed by atoms with Gasteiger partial charge in [-0.2, -0.15) is 0 Å². The quantitative estimate of drug-likeness (QED) is 0.494. The molecule has 0 bridgehead atoms. The van der Waals surface area contributed by atoms with Gasteiger partial charge >= 0.3 is 0 Å². The van der Waals surface area contributed by atoms with Crippen molar-refractivity contribution < 1.29 is 4.84 Å². The molecule has 0 heterocycles. The fourth-order valence-electron chi connectivity index (χ4n) is 2.04. The van der Waals surface area contributed by atoms with Gasteiger partial charge in [0.05, 0.1) is 0 Å². The van der Waals surface area contributed by atoms with E-state index >= 15 is 0 Å². The van der Waals surface area contributed by atoms with Gasteiger partial charge in [-0.3, -0.25) is 0 Å². The first-order chi connectivity index (χ1) is 6.61. The first kappa shape index (κ1) is 9.50. The third-order valence-electron chi connectivity index (χ3n) is 2.82. The van der Waals surface area contributed by atoms with E-state index in [1.54, 1.807) is 0 Å². The first-order valence-electron chi connectivity index (χ1n) is 5.14. The predicted molar refractivity (Wildman–Crippen MR) is 58.2 cm³/mol. The van der Waals surface area contributed by atoms with E-state index in [0.29, 0.717) is 0 Å². The lowest BCUT2D eigenvalue weighted by Gasteiger charge is -2.23. The van der Waals surface area contributed by atoms with Gasteiger partial charge in [0.15, 0.2) is 0 Å². The summed E-state index contributed by atoms with van der Waals surface area (Å²) in [4.78, 5) is 5.22. The molecule has 0 aromatic rings. The van der Waals surface area contributed by atoms with E-state index in [9.17, 15) is 0 Å². The van der Waals surface area contributed by atoms with Crippen LogP contribution in [0.5, 0.6) is 0 Å². The Balaban J connectivity index is 1.96. The topological polar surface area (TPSA) is 21.6 Å². The second kappa shape index (κ2) is 3.26. The summed E-state index contributed by atoms with van der Waals surface area (Å²) in [5.74, 6) is 1.64. The van der Waals surface area contributed by atoms with Gasteiger partial charge in [0.1, 0.15) is 5.60 Å². The molecule has 1 fully saturated rings. The van der Waals surface area contributed by atoms with E-state index in [1.165, 1.54) is 12.0 Å². The van der Waals surface area contributed by atoms with Crippen LogP contribution in [0, 0.1) is 11.8 Å². The lowest BCUT2D eigenvalue weighted by atomic mass is 9.95. The highest BCUT2D eigenvalue weighted by Crippen LogP contribution is 2.45. The van der Waals surface area contributed by atoms with Crippen molar-refractivity contribution in [3.05, 3.63) is 23.8 Å². The van der Waals surface area contributed by atoms with Crippen molar-refractivity contribution in [1.82, 2.24) is 0 Å². The molecule has 0 aromatic carbocycles. The summed E-state index contributed by atoms with van der Waals surface area (Å²) >= 11 is 0. The Morgan fingerprint density at radius 1 is 1.57 bits per heavy atom. The van der Waals surface area contributed by atoms with Crippen molar-refractivity contribution in [2.45, 2.75) is 32.3 Å². The molecule has 0 saturated heterocycles. The molecule has 0 radical (unpaired) electrons. The maximum atomic E-state index is 5.22. The third-order valence-corrected chi connectivity index (χ3v) is 2.82. The number of hydrogen-bond donors (Lipinski definition) is 0. The van der Waals surface area contributed by atoms with Crippen LogP contribution in [0.1, 0.15) is 26.7 Å². The summed E-state index contributed by atoms with van der Waals surface area (Å²) < 4.78 is 0. The van der Waals surface area contributed by atoms with Crippen LogP contribution in [-0.2, 0) is 4.84 Å². The van der Waals surface area contributed by atoms with E-state index < -0.39 is 0 Å². The maximum Gasteiger partial charge on any atom is 0.136 e. The molecule has 2 aliphatic carbocycles. The summed E-state index contributed by atoms with van der Waals surface area (Å²) in [6.07, 6.45) is 9.16. The molecule has 2 rings (SSSR count). The molecule has 76 valence electrons. The first-order valence-corrected chi connectivity index (χ1v) is 5.14. The van der Waals surface area contributed by atoms with E-state index in [-0.39, 0.29) is 5.60 Å². The molecule has 0 spiro atoms. The van der Waals surface area contributed by atoms with Gasteiger partial charge in [0, 0.05) is 13.1 Å². The average Bonchev–Trinajstić information content (AvgIpc) is 2.80. The highest BCUT2D eigenvalue weighted by molar-refractivity contribution is 5.31. The standard InChI is InChI=1S/C12H17NO/c1-12(2,14-13-3)8-9-4-5-10-7-11(10)6-9/h4-6,10-11H,3,7-8H2,1-2H3/t10-,11?/m1/s1. The van der Waals surface area contributed by atoms with Crippen LogP contribution < -0.4 is 0 Å². The molecule has 1 unspecified atom stereocenters. The van der Waals surface area contributed by atoms with Gasteiger partial charge in [0.25, 0.3) is 0 Å². The normalized spacial score (nSPS) is 29.1. The Hall–Kier alpha value is -1.05. The number of rotatable bonds is 4. The Labute approximate surface area is 85.3 Å². The summed E-state index contributed by atoms with van der Waals surface area (Å²) in [7, 11) is 0. The van der Waals surface area contributed by atoms with Crippen LogP contribution in [0.15, 0.2) is 29.0 Å². The minimum atomic E-state index is -0.236. The van der Waals surface area contributed by atoms with E-state index in [0.717, 1.165) is 18.3 Å². The van der Waals surface area contributed by atoms with Crippen LogP contribution in [0.4, 0.5) is 0 Å². The van der Waals surface area contributed by atoms with Crippen molar-refractivity contribution in [1.29, 1.82) is 0 Å². The summed E-state index contributed by atoms with van der Waals surface area (Å²) in [5, 5.41) is 3.50. The van der Waals surface area contributed by atoms with Gasteiger partial charge in [-0.1, -0.05) is 18.2 Å². The number of hydrogen-bond acceptors (Lipinski definition) is 2. The van der Waals surface area contributed by atoms with Gasteiger partial charge in [-0.15, -0.1) is 5.16 Å². The highest BCUT2D eigenvalue weighted by Gasteiger charge is 2.35. The summed E-state index contributed by atoms with van der Waals surface area (Å²) in [5.41, 5.74) is 1.14. The molecule has 0 aromatic heterocycles. The van der Waals surface area contributed by atoms with Crippen molar-refractivity contribution >= 4 is 6.72 Å². The van der Waals surface area contributed by atoms with E-state index in [2.05, 4.69) is 30.1 Å². The molecular weight excluding hydrogens is 174 g/mol. The molecule has 0 N–H and O–H groups in total. The van der Waals surface area contributed by atoms with Gasteiger partial charge in [-0.25, -0.2) is 0 Å². The molecule has 14 heavy (non-hydrogen) atoms. The minimum Gasteiger partial charge on any atom is -0.390 e. The van der Waals surface area contributed by atoms with Crippen LogP contribution in [0.25, 0.3) is 0 Å². The molecule has 2 atom stereocenters. The summed E-state index contributed by atoms with van der Waals surface area (Å²) in [6.45, 7) is 7.43. The van der Waals surface area contributed by atoms with Gasteiger partial charge < -0.3 is 4.84 Å². The Morgan fingerprint density at radius 2 is 2.36 bits per heavy atom. The molecule has 0 amide bonds. The SMILES string of the molecule is C=NOC(C)(C)CC1=CC2C[C@H]2C=C1. The zero-order valence-corrected chi connectivity index (χ0v) is 8.86. The van der Waals surface area contributed by atoms with Crippen LogP contribution in [-0.4, -0.2) is 12.3 Å². The maximum absolute atomic E-state index is 5.22. The second-order valence-electron chi connectivity index (χ2n) is 4.82. The fourth-order valence-corrected chi connectivity index (χ4v) is 2.04. The zero-order valence-electron chi connectivity index (χ0n) is 8.86. The molecular formula is C12H17NO. The number of nitrogens with zero attached hydrogens (tertiary/aromatic N) is 1. The smallest absolute Gasteiger partial charge is 0.136 e. The van der Waals surface area contributed by atoms with E-state index in [4.69, 9.17) is 4.84 Å². The minimum absolute atomic E-state index is 0.236. The Bertz CT molecular complexity index is 301. The van der Waals surface area contributed by atoms with Crippen molar-refractivity contribution in [2.24, 2.45) is 17.0 Å². The van der Waals surface area contributed by atoms with Crippen molar-refractivity contribution in [3.63, 3.8) is 0 Å². The van der Waals surface area contributed by atoms with Crippen LogP contribution >= 0.6 is 0 Å².